The molecule has 0 aliphatic carbocycles. The third-order valence-corrected chi connectivity index (χ3v) is 2.70. The topological polar surface area (TPSA) is 22.1 Å². The zero-order valence-electron chi connectivity index (χ0n) is 10.1. The van der Waals surface area contributed by atoms with Gasteiger partial charge in [-0.1, -0.05) is 39.2 Å². The smallest absolute Gasteiger partial charge is 0.216 e. The van der Waals surface area contributed by atoms with Crippen LogP contribution in [0, 0.1) is 11.9 Å². The van der Waals surface area contributed by atoms with Crippen LogP contribution in [0.15, 0.2) is 18.2 Å². The molecule has 0 saturated carbocycles. The SMILES string of the molecule is CCCCC(CC)COc1cccc(F)n1. The molecular formula is C13H20FNO. The van der Waals surface area contributed by atoms with E-state index in [-0.39, 0.29) is 0 Å². The van der Waals surface area contributed by atoms with Crippen LogP contribution in [0.2, 0.25) is 0 Å². The fraction of sp³-hybridized carbons (Fsp3) is 0.615. The highest BCUT2D eigenvalue weighted by atomic mass is 19.1. The van der Waals surface area contributed by atoms with E-state index in [4.69, 9.17) is 4.74 Å². The second-order valence-corrected chi connectivity index (χ2v) is 4.03. The van der Waals surface area contributed by atoms with Crippen LogP contribution in [-0.4, -0.2) is 11.6 Å². The van der Waals surface area contributed by atoms with Gasteiger partial charge in [-0.3, -0.25) is 0 Å². The molecule has 2 nitrogen and oxygen atoms in total. The van der Waals surface area contributed by atoms with Crippen molar-refractivity contribution in [1.29, 1.82) is 0 Å². The first-order valence-electron chi connectivity index (χ1n) is 6.01. The number of unbranched alkanes of at least 4 members (excludes halogenated alkanes) is 1. The minimum absolute atomic E-state index is 0.384. The lowest BCUT2D eigenvalue weighted by Crippen LogP contribution is -2.12. The molecule has 1 rings (SSSR count). The Balaban J connectivity index is 2.37. The third kappa shape index (κ3) is 4.60. The maximum atomic E-state index is 12.8. The molecule has 0 saturated heterocycles. The summed E-state index contributed by atoms with van der Waals surface area (Å²) in [6.07, 6.45) is 4.69. The average Bonchev–Trinajstić information content (AvgIpc) is 2.29. The molecule has 16 heavy (non-hydrogen) atoms. The van der Waals surface area contributed by atoms with Crippen molar-refractivity contribution in [2.24, 2.45) is 5.92 Å². The molecule has 0 amide bonds. The second-order valence-electron chi connectivity index (χ2n) is 4.03. The zero-order chi connectivity index (χ0) is 11.8. The highest BCUT2D eigenvalue weighted by Gasteiger charge is 2.07. The Hall–Kier alpha value is -1.12. The fourth-order valence-corrected chi connectivity index (χ4v) is 1.57. The maximum Gasteiger partial charge on any atom is 0.216 e. The molecule has 0 spiro atoms. The summed E-state index contributed by atoms with van der Waals surface area (Å²) in [5.74, 6) is 0.444. The van der Waals surface area contributed by atoms with Gasteiger partial charge in [-0.05, 0) is 18.4 Å². The lowest BCUT2D eigenvalue weighted by molar-refractivity contribution is 0.223. The molecule has 1 aromatic rings. The van der Waals surface area contributed by atoms with Crippen LogP contribution < -0.4 is 4.74 Å². The highest BCUT2D eigenvalue weighted by Crippen LogP contribution is 2.15. The van der Waals surface area contributed by atoms with E-state index in [0.717, 1.165) is 6.42 Å². The van der Waals surface area contributed by atoms with Crippen molar-refractivity contribution < 1.29 is 9.13 Å². The monoisotopic (exact) mass is 225 g/mol. The molecule has 1 aromatic heterocycles. The van der Waals surface area contributed by atoms with Gasteiger partial charge in [0.25, 0.3) is 0 Å². The Morgan fingerprint density at radius 3 is 2.81 bits per heavy atom. The summed E-state index contributed by atoms with van der Waals surface area (Å²) < 4.78 is 18.3. The lowest BCUT2D eigenvalue weighted by Gasteiger charge is -2.14. The van der Waals surface area contributed by atoms with E-state index >= 15 is 0 Å². The van der Waals surface area contributed by atoms with E-state index in [2.05, 4.69) is 18.8 Å². The van der Waals surface area contributed by atoms with Gasteiger partial charge in [0.15, 0.2) is 0 Å². The molecule has 3 heteroatoms. The number of aromatic nitrogens is 1. The Kier molecular flexibility index (Phi) is 5.83. The third-order valence-electron chi connectivity index (χ3n) is 2.70. The molecule has 0 aliphatic rings. The van der Waals surface area contributed by atoms with Crippen LogP contribution in [0.3, 0.4) is 0 Å². The van der Waals surface area contributed by atoms with E-state index in [1.54, 1.807) is 12.1 Å². The molecule has 1 heterocycles. The van der Waals surface area contributed by atoms with Crippen LogP contribution in [0.1, 0.15) is 39.5 Å². The van der Waals surface area contributed by atoms with Gasteiger partial charge in [0.05, 0.1) is 6.61 Å². The van der Waals surface area contributed by atoms with E-state index < -0.39 is 5.95 Å². The van der Waals surface area contributed by atoms with Crippen molar-refractivity contribution in [3.05, 3.63) is 24.1 Å². The normalized spacial score (nSPS) is 12.4. The predicted molar refractivity (Wildman–Crippen MR) is 63.0 cm³/mol. The first-order chi connectivity index (χ1) is 7.76. The summed E-state index contributed by atoms with van der Waals surface area (Å²) in [5.41, 5.74) is 0. The van der Waals surface area contributed by atoms with Crippen molar-refractivity contribution in [2.45, 2.75) is 39.5 Å². The van der Waals surface area contributed by atoms with E-state index in [0.29, 0.717) is 18.4 Å². The summed E-state index contributed by atoms with van der Waals surface area (Å²) in [6, 6.07) is 4.63. The predicted octanol–water partition coefficient (Wildman–Crippen LogP) is 3.82. The van der Waals surface area contributed by atoms with Crippen LogP contribution in [-0.2, 0) is 0 Å². The summed E-state index contributed by atoms with van der Waals surface area (Å²) in [4.78, 5) is 3.67. The molecule has 1 atom stereocenters. The largest absolute Gasteiger partial charge is 0.477 e. The Morgan fingerprint density at radius 1 is 1.38 bits per heavy atom. The van der Waals surface area contributed by atoms with Crippen LogP contribution in [0.4, 0.5) is 4.39 Å². The van der Waals surface area contributed by atoms with Gasteiger partial charge in [0.2, 0.25) is 11.8 Å². The van der Waals surface area contributed by atoms with Gasteiger partial charge >= 0.3 is 0 Å². The van der Waals surface area contributed by atoms with Crippen molar-refractivity contribution in [3.8, 4) is 5.88 Å². The zero-order valence-corrected chi connectivity index (χ0v) is 10.1. The van der Waals surface area contributed by atoms with Crippen molar-refractivity contribution in [3.63, 3.8) is 0 Å². The average molecular weight is 225 g/mol. The maximum absolute atomic E-state index is 12.8. The molecule has 0 N–H and O–H groups in total. The van der Waals surface area contributed by atoms with Crippen molar-refractivity contribution in [1.82, 2.24) is 4.98 Å². The van der Waals surface area contributed by atoms with Gasteiger partial charge in [-0.25, -0.2) is 0 Å². The van der Waals surface area contributed by atoms with Gasteiger partial charge in [-0.2, -0.15) is 9.37 Å². The number of hydrogen-bond donors (Lipinski definition) is 0. The van der Waals surface area contributed by atoms with E-state index in [1.807, 2.05) is 0 Å². The summed E-state index contributed by atoms with van der Waals surface area (Å²) in [5, 5.41) is 0. The van der Waals surface area contributed by atoms with Crippen molar-refractivity contribution in [2.75, 3.05) is 6.61 Å². The molecule has 90 valence electrons. The van der Waals surface area contributed by atoms with Crippen LogP contribution in [0.5, 0.6) is 5.88 Å². The highest BCUT2D eigenvalue weighted by molar-refractivity contribution is 5.10. The lowest BCUT2D eigenvalue weighted by atomic mass is 10.0. The molecule has 0 aromatic carbocycles. The minimum Gasteiger partial charge on any atom is -0.477 e. The van der Waals surface area contributed by atoms with Gasteiger partial charge in [0.1, 0.15) is 0 Å². The molecular weight excluding hydrogens is 205 g/mol. The number of rotatable bonds is 7. The van der Waals surface area contributed by atoms with E-state index in [1.165, 1.54) is 25.3 Å². The van der Waals surface area contributed by atoms with Crippen molar-refractivity contribution >= 4 is 0 Å². The quantitative estimate of drug-likeness (QED) is 0.658. The molecule has 0 fully saturated rings. The summed E-state index contributed by atoms with van der Waals surface area (Å²) >= 11 is 0. The molecule has 0 aliphatic heterocycles. The summed E-state index contributed by atoms with van der Waals surface area (Å²) in [6.45, 7) is 4.97. The minimum atomic E-state index is -0.487. The first-order valence-corrected chi connectivity index (χ1v) is 6.01. The Bertz CT molecular complexity index is 304. The second kappa shape index (κ2) is 7.20. The summed E-state index contributed by atoms with van der Waals surface area (Å²) in [7, 11) is 0. The number of pyridine rings is 1. The van der Waals surface area contributed by atoms with E-state index in [9.17, 15) is 4.39 Å². The standard InChI is InChI=1S/C13H20FNO/c1-3-5-7-11(4-2)10-16-13-9-6-8-12(14)15-13/h6,8-9,11H,3-5,7,10H2,1-2H3. The number of ether oxygens (including phenoxy) is 1. The first kappa shape index (κ1) is 12.9. The van der Waals surface area contributed by atoms with Crippen LogP contribution >= 0.6 is 0 Å². The Morgan fingerprint density at radius 2 is 2.19 bits per heavy atom. The number of nitrogens with zero attached hydrogens (tertiary/aromatic N) is 1. The molecule has 0 bridgehead atoms. The number of hydrogen-bond acceptors (Lipinski definition) is 2. The van der Waals surface area contributed by atoms with Gasteiger partial charge in [0, 0.05) is 6.07 Å². The van der Waals surface area contributed by atoms with Gasteiger partial charge < -0.3 is 4.74 Å². The molecule has 0 radical (unpaired) electrons. The molecule has 1 unspecified atom stereocenters. The fourth-order valence-electron chi connectivity index (χ4n) is 1.57. The van der Waals surface area contributed by atoms with Crippen LogP contribution in [0.25, 0.3) is 0 Å². The number of halogens is 1. The Labute approximate surface area is 96.8 Å². The van der Waals surface area contributed by atoms with Gasteiger partial charge in [-0.15, -0.1) is 0 Å².